The molecule has 1 heterocycles. The van der Waals surface area contributed by atoms with Gasteiger partial charge in [0.15, 0.2) is 0 Å². The highest BCUT2D eigenvalue weighted by Gasteiger charge is 2.19. The van der Waals surface area contributed by atoms with E-state index in [-0.39, 0.29) is 11.4 Å². The molecule has 1 N–H and O–H groups in total. The minimum Gasteiger partial charge on any atom is -0.350 e. The van der Waals surface area contributed by atoms with E-state index in [0.29, 0.717) is 18.2 Å². The smallest absolute Gasteiger partial charge is 0.277 e. The fourth-order valence-corrected chi connectivity index (χ4v) is 2.25. The van der Waals surface area contributed by atoms with Gasteiger partial charge in [-0.3, -0.25) is 4.79 Å². The van der Waals surface area contributed by atoms with Crippen molar-refractivity contribution in [1.82, 2.24) is 9.97 Å². The summed E-state index contributed by atoms with van der Waals surface area (Å²) in [6.45, 7) is 10.6. The maximum atomic E-state index is 12.8. The van der Waals surface area contributed by atoms with Gasteiger partial charge >= 0.3 is 0 Å². The Hall–Kier alpha value is -2.43. The summed E-state index contributed by atoms with van der Waals surface area (Å²) in [5.41, 5.74) is 2.21. The topological polar surface area (TPSA) is 58.1 Å². The molecule has 0 atom stereocenters. The molecule has 2 aromatic rings. The van der Waals surface area contributed by atoms with Gasteiger partial charge in [0.2, 0.25) is 5.95 Å². The second kappa shape index (κ2) is 6.77. The van der Waals surface area contributed by atoms with E-state index in [1.54, 1.807) is 17.2 Å². The van der Waals surface area contributed by atoms with Crippen LogP contribution in [-0.2, 0) is 0 Å². The number of aryl methyl sites for hydroxylation is 1. The lowest BCUT2D eigenvalue weighted by atomic mass is 10.1. The van der Waals surface area contributed by atoms with Gasteiger partial charge in [0.05, 0.1) is 0 Å². The van der Waals surface area contributed by atoms with Gasteiger partial charge in [-0.1, -0.05) is 12.1 Å². The number of nitrogens with one attached hydrogen (secondary N) is 1. The third kappa shape index (κ3) is 4.52. The Labute approximate surface area is 137 Å². The van der Waals surface area contributed by atoms with Crippen LogP contribution in [-0.4, -0.2) is 28.0 Å². The van der Waals surface area contributed by atoms with Crippen molar-refractivity contribution in [3.05, 3.63) is 47.8 Å². The monoisotopic (exact) mass is 312 g/mol. The van der Waals surface area contributed by atoms with Crippen molar-refractivity contribution in [2.24, 2.45) is 0 Å². The molecule has 5 nitrogen and oxygen atoms in total. The molecule has 1 aromatic heterocycles. The Kier molecular flexibility index (Phi) is 4.98. The van der Waals surface area contributed by atoms with E-state index in [4.69, 9.17) is 0 Å². The van der Waals surface area contributed by atoms with Gasteiger partial charge in [0.1, 0.15) is 5.69 Å². The maximum absolute atomic E-state index is 12.8. The van der Waals surface area contributed by atoms with E-state index < -0.39 is 0 Å². The van der Waals surface area contributed by atoms with E-state index >= 15 is 0 Å². The normalized spacial score (nSPS) is 11.2. The Morgan fingerprint density at radius 2 is 2.00 bits per heavy atom. The SMILES string of the molecule is CCN(C(=O)c1ccnc(NC(C)(C)C)n1)c1cccc(C)c1. The van der Waals surface area contributed by atoms with Crippen LogP contribution in [0.2, 0.25) is 0 Å². The number of hydrogen-bond donors (Lipinski definition) is 1. The summed E-state index contributed by atoms with van der Waals surface area (Å²) in [5.74, 6) is 0.334. The lowest BCUT2D eigenvalue weighted by Crippen LogP contribution is -2.32. The van der Waals surface area contributed by atoms with Gasteiger partial charge in [-0.2, -0.15) is 0 Å². The number of hydrogen-bond acceptors (Lipinski definition) is 4. The van der Waals surface area contributed by atoms with Crippen molar-refractivity contribution in [3.8, 4) is 0 Å². The number of carbonyl (C=O) groups excluding carboxylic acids is 1. The second-order valence-electron chi connectivity index (χ2n) is 6.53. The van der Waals surface area contributed by atoms with Gasteiger partial charge in [0, 0.05) is 24.0 Å². The van der Waals surface area contributed by atoms with Crippen LogP contribution < -0.4 is 10.2 Å². The quantitative estimate of drug-likeness (QED) is 0.936. The molecule has 23 heavy (non-hydrogen) atoms. The lowest BCUT2D eigenvalue weighted by Gasteiger charge is -2.23. The molecule has 5 heteroatoms. The summed E-state index contributed by atoms with van der Waals surface area (Å²) in [4.78, 5) is 23.1. The first-order valence-electron chi connectivity index (χ1n) is 7.80. The molecule has 0 radical (unpaired) electrons. The number of nitrogens with zero attached hydrogens (tertiary/aromatic N) is 3. The molecule has 0 aliphatic carbocycles. The molecule has 1 amide bonds. The van der Waals surface area contributed by atoms with Crippen LogP contribution in [0.3, 0.4) is 0 Å². The molecular formula is C18H24N4O. The molecule has 1 aromatic carbocycles. The molecule has 0 spiro atoms. The first-order valence-corrected chi connectivity index (χ1v) is 7.80. The fraction of sp³-hybridized carbons (Fsp3) is 0.389. The maximum Gasteiger partial charge on any atom is 0.277 e. The number of amides is 1. The summed E-state index contributed by atoms with van der Waals surface area (Å²) in [7, 11) is 0. The van der Waals surface area contributed by atoms with Gasteiger partial charge in [-0.15, -0.1) is 0 Å². The van der Waals surface area contributed by atoms with Crippen molar-refractivity contribution in [2.45, 2.75) is 40.2 Å². The van der Waals surface area contributed by atoms with Crippen LogP contribution >= 0.6 is 0 Å². The van der Waals surface area contributed by atoms with E-state index in [9.17, 15) is 4.79 Å². The number of anilines is 2. The average Bonchev–Trinajstić information content (AvgIpc) is 2.46. The summed E-state index contributed by atoms with van der Waals surface area (Å²) in [5, 5.41) is 3.19. The second-order valence-corrected chi connectivity index (χ2v) is 6.53. The standard InChI is InChI=1S/C18H24N4O/c1-6-22(14-9-7-8-13(2)12-14)16(23)15-10-11-19-17(20-15)21-18(3,4)5/h7-12H,6H2,1-5H3,(H,19,20,21). The van der Waals surface area contributed by atoms with Crippen molar-refractivity contribution in [1.29, 1.82) is 0 Å². The van der Waals surface area contributed by atoms with E-state index in [1.165, 1.54) is 0 Å². The average molecular weight is 312 g/mol. The third-order valence-electron chi connectivity index (χ3n) is 3.24. The van der Waals surface area contributed by atoms with Crippen LogP contribution in [0, 0.1) is 6.92 Å². The highest BCUT2D eigenvalue weighted by atomic mass is 16.2. The van der Waals surface area contributed by atoms with E-state index in [1.807, 2.05) is 58.9 Å². The van der Waals surface area contributed by atoms with Crippen molar-refractivity contribution in [2.75, 3.05) is 16.8 Å². The summed E-state index contributed by atoms with van der Waals surface area (Å²) in [6, 6.07) is 9.54. The van der Waals surface area contributed by atoms with E-state index in [0.717, 1.165) is 11.3 Å². The van der Waals surface area contributed by atoms with Crippen molar-refractivity contribution in [3.63, 3.8) is 0 Å². The molecule has 0 aliphatic rings. The highest BCUT2D eigenvalue weighted by Crippen LogP contribution is 2.18. The van der Waals surface area contributed by atoms with Gasteiger partial charge < -0.3 is 10.2 Å². The van der Waals surface area contributed by atoms with Gasteiger partial charge in [-0.25, -0.2) is 9.97 Å². The Balaban J connectivity index is 2.29. The van der Waals surface area contributed by atoms with Gasteiger partial charge in [-0.05, 0) is 58.4 Å². The van der Waals surface area contributed by atoms with Crippen molar-refractivity contribution >= 4 is 17.5 Å². The minimum absolute atomic E-state index is 0.127. The van der Waals surface area contributed by atoms with Crippen LogP contribution in [0.1, 0.15) is 43.7 Å². The summed E-state index contributed by atoms with van der Waals surface area (Å²) in [6.07, 6.45) is 1.61. The van der Waals surface area contributed by atoms with Crippen LogP contribution in [0.15, 0.2) is 36.5 Å². The van der Waals surface area contributed by atoms with Crippen molar-refractivity contribution < 1.29 is 4.79 Å². The number of aromatic nitrogens is 2. The molecular weight excluding hydrogens is 288 g/mol. The zero-order valence-electron chi connectivity index (χ0n) is 14.4. The van der Waals surface area contributed by atoms with Gasteiger partial charge in [0.25, 0.3) is 5.91 Å². The van der Waals surface area contributed by atoms with E-state index in [2.05, 4.69) is 15.3 Å². The zero-order chi connectivity index (χ0) is 17.0. The molecule has 0 saturated heterocycles. The molecule has 0 aliphatic heterocycles. The fourth-order valence-electron chi connectivity index (χ4n) is 2.25. The molecule has 122 valence electrons. The van der Waals surface area contributed by atoms with Crippen LogP contribution in [0.5, 0.6) is 0 Å². The molecule has 0 saturated carbocycles. The third-order valence-corrected chi connectivity index (χ3v) is 3.24. The first-order chi connectivity index (χ1) is 10.8. The highest BCUT2D eigenvalue weighted by molar-refractivity contribution is 6.04. The summed E-state index contributed by atoms with van der Waals surface area (Å²) < 4.78 is 0. The minimum atomic E-state index is -0.164. The zero-order valence-corrected chi connectivity index (χ0v) is 14.4. The molecule has 0 fully saturated rings. The lowest BCUT2D eigenvalue weighted by molar-refractivity contribution is 0.0983. The predicted molar refractivity (Wildman–Crippen MR) is 93.9 cm³/mol. The molecule has 2 rings (SSSR count). The number of benzene rings is 1. The largest absolute Gasteiger partial charge is 0.350 e. The Morgan fingerprint density at radius 3 is 2.61 bits per heavy atom. The molecule has 0 bridgehead atoms. The number of rotatable bonds is 4. The Morgan fingerprint density at radius 1 is 1.26 bits per heavy atom. The number of carbonyl (C=O) groups is 1. The predicted octanol–water partition coefficient (Wildman–Crippen LogP) is 3.66. The van der Waals surface area contributed by atoms with Crippen LogP contribution in [0.4, 0.5) is 11.6 Å². The molecule has 0 unspecified atom stereocenters. The Bertz CT molecular complexity index is 691. The van der Waals surface area contributed by atoms with Crippen LogP contribution in [0.25, 0.3) is 0 Å². The summed E-state index contributed by atoms with van der Waals surface area (Å²) >= 11 is 0. The first kappa shape index (κ1) is 16.9.